The summed E-state index contributed by atoms with van der Waals surface area (Å²) >= 11 is 0. The molecule has 116 valence electrons. The Labute approximate surface area is 117 Å². The van der Waals surface area contributed by atoms with E-state index in [1.807, 2.05) is 0 Å². The van der Waals surface area contributed by atoms with Crippen LogP contribution in [0.2, 0.25) is 0 Å². The first kappa shape index (κ1) is 16.8. The van der Waals surface area contributed by atoms with Gasteiger partial charge in [0.25, 0.3) is 0 Å². The van der Waals surface area contributed by atoms with Gasteiger partial charge in [0.1, 0.15) is 6.61 Å². The second-order valence-electron chi connectivity index (χ2n) is 3.93. The molecule has 0 aliphatic rings. The molecular weight excluding hydrogens is 293 g/mol. The summed E-state index contributed by atoms with van der Waals surface area (Å²) in [6.07, 6.45) is -4.39. The van der Waals surface area contributed by atoms with Crippen molar-refractivity contribution < 1.29 is 32.6 Å². The molecule has 3 N–H and O–H groups in total. The fourth-order valence-electron chi connectivity index (χ4n) is 1.30. The molecule has 0 bridgehead atoms. The highest BCUT2D eigenvalue weighted by atomic mass is 19.4. The molecule has 0 aromatic heterocycles. The number of carboxylic acid groups (broad SMARTS) is 1. The van der Waals surface area contributed by atoms with Crippen molar-refractivity contribution in [3.8, 4) is 0 Å². The number of alkyl halides is 3. The van der Waals surface area contributed by atoms with E-state index in [0.29, 0.717) is 5.69 Å². The number of carboxylic acids is 1. The number of ether oxygens (including phenoxy) is 1. The van der Waals surface area contributed by atoms with Crippen LogP contribution in [0.4, 0.5) is 23.7 Å². The maximum absolute atomic E-state index is 11.8. The molecule has 0 spiro atoms. The highest BCUT2D eigenvalue weighted by molar-refractivity contribution is 5.91. The first-order chi connectivity index (χ1) is 9.78. The molecule has 0 saturated carbocycles. The molecular formula is C12H13F3N2O4. The summed E-state index contributed by atoms with van der Waals surface area (Å²) in [5.74, 6) is -1.09. The van der Waals surface area contributed by atoms with Gasteiger partial charge in [0, 0.05) is 12.2 Å². The number of aromatic carboxylic acids is 1. The highest BCUT2D eigenvalue weighted by Crippen LogP contribution is 2.14. The van der Waals surface area contributed by atoms with Crippen LogP contribution in [0.1, 0.15) is 10.4 Å². The molecule has 0 aliphatic heterocycles. The van der Waals surface area contributed by atoms with Crippen molar-refractivity contribution >= 4 is 17.7 Å². The predicted molar refractivity (Wildman–Crippen MR) is 67.3 cm³/mol. The van der Waals surface area contributed by atoms with E-state index in [4.69, 9.17) is 5.11 Å². The molecule has 0 radical (unpaired) electrons. The second kappa shape index (κ2) is 7.48. The molecule has 0 atom stereocenters. The number of halogens is 3. The van der Waals surface area contributed by atoms with E-state index in [9.17, 15) is 22.8 Å². The molecule has 0 fully saturated rings. The molecule has 0 heterocycles. The number of urea groups is 1. The Morgan fingerprint density at radius 1 is 1.19 bits per heavy atom. The lowest BCUT2D eigenvalue weighted by Crippen LogP contribution is -2.32. The number of nitrogens with one attached hydrogen (secondary N) is 2. The molecule has 0 saturated heterocycles. The third-order valence-corrected chi connectivity index (χ3v) is 2.19. The fraction of sp³-hybridized carbons (Fsp3) is 0.333. The Balaban J connectivity index is 2.26. The van der Waals surface area contributed by atoms with Gasteiger partial charge in [-0.3, -0.25) is 0 Å². The monoisotopic (exact) mass is 306 g/mol. The van der Waals surface area contributed by atoms with E-state index in [1.165, 1.54) is 24.3 Å². The molecule has 0 aliphatic carbocycles. The Morgan fingerprint density at radius 3 is 2.33 bits per heavy atom. The molecule has 1 aromatic rings. The SMILES string of the molecule is O=C(NCCOCC(F)(F)F)Nc1ccc(C(=O)O)cc1. The molecule has 21 heavy (non-hydrogen) atoms. The van der Waals surface area contributed by atoms with Crippen LogP contribution >= 0.6 is 0 Å². The van der Waals surface area contributed by atoms with Gasteiger partial charge in [-0.2, -0.15) is 13.2 Å². The van der Waals surface area contributed by atoms with Crippen LogP contribution in [-0.4, -0.2) is 43.0 Å². The first-order valence-electron chi connectivity index (χ1n) is 5.80. The molecule has 1 aromatic carbocycles. The van der Waals surface area contributed by atoms with E-state index in [2.05, 4.69) is 15.4 Å². The number of amides is 2. The predicted octanol–water partition coefficient (Wildman–Crippen LogP) is 2.09. The highest BCUT2D eigenvalue weighted by Gasteiger charge is 2.27. The third-order valence-electron chi connectivity index (χ3n) is 2.19. The van der Waals surface area contributed by atoms with Crippen LogP contribution in [0.25, 0.3) is 0 Å². The lowest BCUT2D eigenvalue weighted by molar-refractivity contribution is -0.173. The van der Waals surface area contributed by atoms with Gasteiger partial charge in [0.15, 0.2) is 0 Å². The van der Waals surface area contributed by atoms with Gasteiger partial charge in [-0.1, -0.05) is 0 Å². The zero-order chi connectivity index (χ0) is 15.9. The summed E-state index contributed by atoms with van der Waals surface area (Å²) in [6, 6.07) is 4.77. The van der Waals surface area contributed by atoms with E-state index in [0.717, 1.165) is 0 Å². The number of rotatable bonds is 6. The first-order valence-corrected chi connectivity index (χ1v) is 5.80. The summed E-state index contributed by atoms with van der Waals surface area (Å²) < 4.78 is 39.6. The Morgan fingerprint density at radius 2 is 1.81 bits per heavy atom. The number of carbonyl (C=O) groups is 2. The van der Waals surface area contributed by atoms with Crippen molar-refractivity contribution in [1.29, 1.82) is 0 Å². The van der Waals surface area contributed by atoms with Crippen molar-refractivity contribution in [3.63, 3.8) is 0 Å². The Bertz CT molecular complexity index is 488. The van der Waals surface area contributed by atoms with Crippen molar-refractivity contribution in [2.24, 2.45) is 0 Å². The van der Waals surface area contributed by atoms with Gasteiger partial charge < -0.3 is 20.5 Å². The summed E-state index contributed by atoms with van der Waals surface area (Å²) in [7, 11) is 0. The maximum Gasteiger partial charge on any atom is 0.411 e. The zero-order valence-electron chi connectivity index (χ0n) is 10.7. The largest absolute Gasteiger partial charge is 0.478 e. The minimum atomic E-state index is -4.39. The van der Waals surface area contributed by atoms with Crippen molar-refractivity contribution in [2.45, 2.75) is 6.18 Å². The van der Waals surface area contributed by atoms with Crippen molar-refractivity contribution in [2.75, 3.05) is 25.1 Å². The fourth-order valence-corrected chi connectivity index (χ4v) is 1.30. The Hall–Kier alpha value is -2.29. The minimum absolute atomic E-state index is 0.0708. The minimum Gasteiger partial charge on any atom is -0.478 e. The summed E-state index contributed by atoms with van der Waals surface area (Å²) in [4.78, 5) is 22.0. The van der Waals surface area contributed by atoms with Gasteiger partial charge in [0.2, 0.25) is 0 Å². The van der Waals surface area contributed by atoms with Crippen molar-refractivity contribution in [3.05, 3.63) is 29.8 Å². The van der Waals surface area contributed by atoms with Gasteiger partial charge in [-0.25, -0.2) is 9.59 Å². The lowest BCUT2D eigenvalue weighted by Gasteiger charge is -2.09. The van der Waals surface area contributed by atoms with E-state index in [-0.39, 0.29) is 18.7 Å². The normalized spacial score (nSPS) is 11.0. The van der Waals surface area contributed by atoms with Gasteiger partial charge in [-0.15, -0.1) is 0 Å². The number of benzene rings is 1. The van der Waals surface area contributed by atoms with E-state index < -0.39 is 24.8 Å². The van der Waals surface area contributed by atoms with Crippen LogP contribution in [0.3, 0.4) is 0 Å². The number of anilines is 1. The quantitative estimate of drug-likeness (QED) is 0.702. The van der Waals surface area contributed by atoms with E-state index >= 15 is 0 Å². The molecule has 2 amide bonds. The maximum atomic E-state index is 11.8. The number of hydrogen-bond donors (Lipinski definition) is 3. The van der Waals surface area contributed by atoms with Gasteiger partial charge >= 0.3 is 18.2 Å². The third kappa shape index (κ3) is 7.16. The smallest absolute Gasteiger partial charge is 0.411 e. The second-order valence-corrected chi connectivity index (χ2v) is 3.93. The lowest BCUT2D eigenvalue weighted by atomic mass is 10.2. The van der Waals surface area contributed by atoms with Crippen molar-refractivity contribution in [1.82, 2.24) is 5.32 Å². The average molecular weight is 306 g/mol. The van der Waals surface area contributed by atoms with Crippen LogP contribution in [0, 0.1) is 0 Å². The summed E-state index contributed by atoms with van der Waals surface area (Å²) in [6.45, 7) is -1.73. The molecule has 9 heteroatoms. The topological polar surface area (TPSA) is 87.7 Å². The van der Waals surface area contributed by atoms with Gasteiger partial charge in [0.05, 0.1) is 12.2 Å². The molecule has 1 rings (SSSR count). The Kier molecular flexibility index (Phi) is 5.97. The standard InChI is InChI=1S/C12H13F3N2O4/c13-12(14,15)7-21-6-5-16-11(20)17-9-3-1-8(2-4-9)10(18)19/h1-4H,5-7H2,(H,18,19)(H2,16,17,20). The number of carbonyl (C=O) groups excluding carboxylic acids is 1. The van der Waals surface area contributed by atoms with Crippen LogP contribution in [0.15, 0.2) is 24.3 Å². The summed E-state index contributed by atoms with van der Waals surface area (Å²) in [5.41, 5.74) is 0.426. The average Bonchev–Trinajstić information content (AvgIpc) is 2.37. The zero-order valence-corrected chi connectivity index (χ0v) is 10.7. The molecule has 0 unspecified atom stereocenters. The van der Waals surface area contributed by atoms with Crippen LogP contribution in [-0.2, 0) is 4.74 Å². The van der Waals surface area contributed by atoms with E-state index in [1.54, 1.807) is 0 Å². The van der Waals surface area contributed by atoms with Gasteiger partial charge in [-0.05, 0) is 24.3 Å². The molecule has 6 nitrogen and oxygen atoms in total. The number of hydrogen-bond acceptors (Lipinski definition) is 3. The van der Waals surface area contributed by atoms with Crippen LogP contribution in [0.5, 0.6) is 0 Å². The summed E-state index contributed by atoms with van der Waals surface area (Å²) in [5, 5.41) is 13.4. The van der Waals surface area contributed by atoms with Crippen LogP contribution < -0.4 is 10.6 Å².